The minimum absolute atomic E-state index is 0.174. The summed E-state index contributed by atoms with van der Waals surface area (Å²) >= 11 is 3.37. The van der Waals surface area contributed by atoms with Crippen molar-refractivity contribution in [3.8, 4) is 0 Å². The largest absolute Gasteiger partial charge is 0.273 e. The predicted molar refractivity (Wildman–Crippen MR) is 106 cm³/mol. The predicted octanol–water partition coefficient (Wildman–Crippen LogP) is 4.37. The van der Waals surface area contributed by atoms with Crippen molar-refractivity contribution in [3.05, 3.63) is 63.1 Å². The van der Waals surface area contributed by atoms with Gasteiger partial charge in [0.05, 0.1) is 10.8 Å². The molecule has 6 heteroatoms. The van der Waals surface area contributed by atoms with Crippen LogP contribution in [0.25, 0.3) is 0 Å². The average molecular weight is 436 g/mol. The molecule has 0 saturated heterocycles. The van der Waals surface area contributed by atoms with Gasteiger partial charge in [0.15, 0.2) is 0 Å². The van der Waals surface area contributed by atoms with Crippen LogP contribution in [0.2, 0.25) is 0 Å². The van der Waals surface area contributed by atoms with Crippen molar-refractivity contribution in [2.45, 2.75) is 44.4 Å². The number of amides is 1. The second-order valence-electron chi connectivity index (χ2n) is 7.06. The second kappa shape index (κ2) is 7.16. The molecule has 0 bridgehead atoms. The third-order valence-corrected chi connectivity index (χ3v) is 6.85. The van der Waals surface area contributed by atoms with Gasteiger partial charge in [-0.3, -0.25) is 4.79 Å². The summed E-state index contributed by atoms with van der Waals surface area (Å²) in [5, 5.41) is 0. The van der Waals surface area contributed by atoms with Gasteiger partial charge in [-0.05, 0) is 68.4 Å². The maximum atomic E-state index is 12.9. The summed E-state index contributed by atoms with van der Waals surface area (Å²) in [6.07, 6.45) is 1.89. The van der Waals surface area contributed by atoms with Crippen LogP contribution in [0, 0.1) is 26.7 Å². The monoisotopic (exact) mass is 435 g/mol. The number of sulfonamides is 1. The van der Waals surface area contributed by atoms with Gasteiger partial charge in [-0.1, -0.05) is 45.8 Å². The summed E-state index contributed by atoms with van der Waals surface area (Å²) in [7, 11) is -3.92. The van der Waals surface area contributed by atoms with Crippen molar-refractivity contribution in [1.82, 2.24) is 4.72 Å². The molecule has 1 unspecified atom stereocenters. The smallest absolute Gasteiger partial charge is 0.264 e. The lowest BCUT2D eigenvalue weighted by molar-refractivity contribution is -0.121. The molecule has 3 rings (SSSR count). The van der Waals surface area contributed by atoms with E-state index in [0.29, 0.717) is 11.1 Å². The summed E-state index contributed by atoms with van der Waals surface area (Å²) in [4.78, 5) is 13.1. The highest BCUT2D eigenvalue weighted by Crippen LogP contribution is 2.43. The van der Waals surface area contributed by atoms with Gasteiger partial charge < -0.3 is 0 Å². The lowest BCUT2D eigenvalue weighted by atomic mass is 9.93. The van der Waals surface area contributed by atoms with Crippen molar-refractivity contribution in [2.24, 2.45) is 5.92 Å². The number of halogens is 1. The van der Waals surface area contributed by atoms with Gasteiger partial charge in [0, 0.05) is 4.47 Å². The molecular formula is C20H22BrNO3S. The molecule has 0 aromatic heterocycles. The van der Waals surface area contributed by atoms with Gasteiger partial charge in [0.2, 0.25) is 5.91 Å². The van der Waals surface area contributed by atoms with E-state index in [1.807, 2.05) is 31.2 Å². The van der Waals surface area contributed by atoms with E-state index in [4.69, 9.17) is 0 Å². The van der Waals surface area contributed by atoms with Crippen molar-refractivity contribution in [1.29, 1.82) is 0 Å². The van der Waals surface area contributed by atoms with Gasteiger partial charge in [-0.25, -0.2) is 13.1 Å². The number of hydrogen-bond donors (Lipinski definition) is 1. The fraction of sp³-hybridized carbons (Fsp3) is 0.350. The van der Waals surface area contributed by atoms with Crippen LogP contribution in [-0.4, -0.2) is 14.3 Å². The highest BCUT2D eigenvalue weighted by atomic mass is 79.9. The Bertz CT molecular complexity index is 925. The van der Waals surface area contributed by atoms with E-state index < -0.39 is 21.8 Å². The van der Waals surface area contributed by atoms with E-state index in [1.54, 1.807) is 26.0 Å². The molecule has 138 valence electrons. The molecule has 0 spiro atoms. The standard InChI is InChI=1S/C20H22BrNO3S/c1-12-4-6-15(7-5-12)18(16-8-9-16)20(23)22-26(24,25)19-13(2)10-17(21)11-14(19)3/h4-7,10-11,16,18H,8-9H2,1-3H3,(H,22,23). The van der Waals surface area contributed by atoms with Gasteiger partial charge in [-0.15, -0.1) is 0 Å². The fourth-order valence-electron chi connectivity index (χ4n) is 3.41. The first-order valence-electron chi connectivity index (χ1n) is 8.59. The highest BCUT2D eigenvalue weighted by molar-refractivity contribution is 9.10. The zero-order valence-electron chi connectivity index (χ0n) is 15.0. The second-order valence-corrected chi connectivity index (χ2v) is 9.60. The molecule has 1 amide bonds. The van der Waals surface area contributed by atoms with Gasteiger partial charge in [-0.2, -0.15) is 0 Å². The Morgan fingerprint density at radius 1 is 1.08 bits per heavy atom. The summed E-state index contributed by atoms with van der Waals surface area (Å²) < 4.78 is 28.9. The van der Waals surface area contributed by atoms with Gasteiger partial charge in [0.25, 0.3) is 10.0 Å². The lowest BCUT2D eigenvalue weighted by Gasteiger charge is -2.18. The molecule has 0 aliphatic heterocycles. The summed E-state index contributed by atoms with van der Waals surface area (Å²) in [5.41, 5.74) is 3.19. The topological polar surface area (TPSA) is 63.2 Å². The Morgan fingerprint density at radius 2 is 1.62 bits per heavy atom. The molecule has 1 fully saturated rings. The summed E-state index contributed by atoms with van der Waals surface area (Å²) in [5.74, 6) is -0.667. The Balaban J connectivity index is 1.91. The third-order valence-electron chi connectivity index (χ3n) is 4.74. The van der Waals surface area contributed by atoms with Crippen LogP contribution >= 0.6 is 15.9 Å². The van der Waals surface area contributed by atoms with Crippen LogP contribution < -0.4 is 4.72 Å². The maximum absolute atomic E-state index is 12.9. The molecule has 1 saturated carbocycles. The number of nitrogens with one attached hydrogen (secondary N) is 1. The first-order valence-corrected chi connectivity index (χ1v) is 10.9. The Labute approximate surface area is 163 Å². The van der Waals surface area contributed by atoms with E-state index in [9.17, 15) is 13.2 Å². The van der Waals surface area contributed by atoms with E-state index >= 15 is 0 Å². The van der Waals surface area contributed by atoms with Crippen LogP contribution in [0.1, 0.15) is 41.0 Å². The van der Waals surface area contributed by atoms with Crippen molar-refractivity contribution < 1.29 is 13.2 Å². The summed E-state index contributed by atoms with van der Waals surface area (Å²) in [6.45, 7) is 5.45. The Morgan fingerprint density at radius 3 is 2.12 bits per heavy atom. The number of hydrogen-bond acceptors (Lipinski definition) is 3. The maximum Gasteiger partial charge on any atom is 0.264 e. The molecule has 2 aromatic rings. The quantitative estimate of drug-likeness (QED) is 0.757. The van der Waals surface area contributed by atoms with Crippen molar-refractivity contribution in [3.63, 3.8) is 0 Å². The molecule has 1 atom stereocenters. The van der Waals surface area contributed by atoms with Gasteiger partial charge >= 0.3 is 0 Å². The number of benzene rings is 2. The Hall–Kier alpha value is -1.66. The van der Waals surface area contributed by atoms with Gasteiger partial charge in [0.1, 0.15) is 0 Å². The minimum Gasteiger partial charge on any atom is -0.273 e. The summed E-state index contributed by atoms with van der Waals surface area (Å²) in [6, 6.07) is 11.2. The third kappa shape index (κ3) is 4.01. The number of carbonyl (C=O) groups excluding carboxylic acids is 1. The average Bonchev–Trinajstić information content (AvgIpc) is 3.32. The first-order chi connectivity index (χ1) is 12.2. The zero-order valence-corrected chi connectivity index (χ0v) is 17.4. The van der Waals surface area contributed by atoms with Crippen LogP contribution in [0.15, 0.2) is 45.8 Å². The normalized spacial score (nSPS) is 15.5. The lowest BCUT2D eigenvalue weighted by Crippen LogP contribution is -2.36. The fourth-order valence-corrected chi connectivity index (χ4v) is 5.56. The van der Waals surface area contributed by atoms with Crippen LogP contribution in [0.4, 0.5) is 0 Å². The van der Waals surface area contributed by atoms with Crippen LogP contribution in [-0.2, 0) is 14.8 Å². The minimum atomic E-state index is -3.92. The number of carbonyl (C=O) groups is 1. The highest BCUT2D eigenvalue weighted by Gasteiger charge is 2.39. The molecule has 0 radical (unpaired) electrons. The zero-order chi connectivity index (χ0) is 19.1. The van der Waals surface area contributed by atoms with Crippen molar-refractivity contribution in [2.75, 3.05) is 0 Å². The SMILES string of the molecule is Cc1ccc(C(C(=O)NS(=O)(=O)c2c(C)cc(Br)cc2C)C2CC2)cc1. The Kier molecular flexibility index (Phi) is 5.26. The molecule has 1 N–H and O–H groups in total. The number of aryl methyl sites for hydroxylation is 3. The van der Waals surface area contributed by atoms with E-state index in [-0.39, 0.29) is 10.8 Å². The van der Waals surface area contributed by atoms with Crippen LogP contribution in [0.3, 0.4) is 0 Å². The molecule has 4 nitrogen and oxygen atoms in total. The number of rotatable bonds is 5. The molecule has 0 heterocycles. The van der Waals surface area contributed by atoms with E-state index in [0.717, 1.165) is 28.4 Å². The molecule has 1 aliphatic rings. The van der Waals surface area contributed by atoms with Crippen molar-refractivity contribution >= 4 is 31.9 Å². The van der Waals surface area contributed by atoms with E-state index in [1.165, 1.54) is 0 Å². The molecule has 26 heavy (non-hydrogen) atoms. The molecule has 2 aromatic carbocycles. The van der Waals surface area contributed by atoms with E-state index in [2.05, 4.69) is 20.7 Å². The molecule has 1 aliphatic carbocycles. The first kappa shape index (κ1) is 19.1. The molecular weight excluding hydrogens is 414 g/mol. The van der Waals surface area contributed by atoms with Crippen LogP contribution in [0.5, 0.6) is 0 Å².